The summed E-state index contributed by atoms with van der Waals surface area (Å²) in [6.45, 7) is 6.69. The van der Waals surface area contributed by atoms with Crippen molar-refractivity contribution in [1.29, 1.82) is 0 Å². The Kier molecular flexibility index (Phi) is 4.51. The zero-order valence-electron chi connectivity index (χ0n) is 9.74. The van der Waals surface area contributed by atoms with Crippen molar-refractivity contribution in [3.05, 3.63) is 17.0 Å². The molecule has 0 bridgehead atoms. The van der Waals surface area contributed by atoms with Crippen molar-refractivity contribution in [2.75, 3.05) is 11.9 Å². The molecule has 0 aliphatic carbocycles. The Morgan fingerprint density at radius 2 is 2.00 bits per heavy atom. The largest absolute Gasteiger partial charge is 0.357 e. The van der Waals surface area contributed by atoms with E-state index in [4.69, 9.17) is 0 Å². The highest BCUT2D eigenvalue weighted by atomic mass is 79.9. The molecule has 1 aromatic heterocycles. The Morgan fingerprint density at radius 3 is 2.53 bits per heavy atom. The second-order valence-corrected chi connectivity index (χ2v) is 5.10. The van der Waals surface area contributed by atoms with Gasteiger partial charge in [-0.2, -0.15) is 0 Å². The van der Waals surface area contributed by atoms with Gasteiger partial charge in [0.2, 0.25) is 0 Å². The Labute approximate surface area is 100 Å². The van der Waals surface area contributed by atoms with E-state index in [1.54, 1.807) is 6.33 Å². The Hall–Kier alpha value is -0.640. The SMILES string of the molecule is CC(C)CC(C)N(C)c1cc(Br)ncn1. The third kappa shape index (κ3) is 3.78. The summed E-state index contributed by atoms with van der Waals surface area (Å²) in [5.74, 6) is 1.66. The summed E-state index contributed by atoms with van der Waals surface area (Å²) in [7, 11) is 2.07. The first-order valence-electron chi connectivity index (χ1n) is 5.21. The summed E-state index contributed by atoms with van der Waals surface area (Å²) in [5, 5.41) is 0. The minimum Gasteiger partial charge on any atom is -0.357 e. The molecule has 0 aliphatic rings. The standard InChI is InChI=1S/C11H18BrN3/c1-8(2)5-9(3)15(4)11-6-10(12)13-7-14-11/h6-9H,5H2,1-4H3. The predicted molar refractivity (Wildman–Crippen MR) is 67.1 cm³/mol. The molecule has 1 aromatic rings. The van der Waals surface area contributed by atoms with Crippen molar-refractivity contribution in [1.82, 2.24) is 9.97 Å². The van der Waals surface area contributed by atoms with Crippen LogP contribution in [-0.4, -0.2) is 23.1 Å². The molecule has 0 aromatic carbocycles. The van der Waals surface area contributed by atoms with Gasteiger partial charge in [0.25, 0.3) is 0 Å². The number of hydrogen-bond donors (Lipinski definition) is 0. The topological polar surface area (TPSA) is 29.0 Å². The first-order chi connectivity index (χ1) is 7.00. The second-order valence-electron chi connectivity index (χ2n) is 4.29. The van der Waals surface area contributed by atoms with Gasteiger partial charge in [-0.1, -0.05) is 13.8 Å². The maximum atomic E-state index is 4.25. The lowest BCUT2D eigenvalue weighted by Gasteiger charge is -2.27. The highest BCUT2D eigenvalue weighted by molar-refractivity contribution is 9.10. The van der Waals surface area contributed by atoms with E-state index in [1.165, 1.54) is 0 Å². The van der Waals surface area contributed by atoms with Gasteiger partial charge in [0.1, 0.15) is 16.7 Å². The molecule has 0 fully saturated rings. The highest BCUT2D eigenvalue weighted by Gasteiger charge is 2.12. The van der Waals surface area contributed by atoms with Gasteiger partial charge >= 0.3 is 0 Å². The van der Waals surface area contributed by atoms with Gasteiger partial charge in [-0.3, -0.25) is 0 Å². The molecule has 0 aliphatic heterocycles. The van der Waals surface area contributed by atoms with Crippen LogP contribution in [0.4, 0.5) is 5.82 Å². The van der Waals surface area contributed by atoms with Crippen molar-refractivity contribution >= 4 is 21.7 Å². The smallest absolute Gasteiger partial charge is 0.133 e. The molecule has 1 atom stereocenters. The van der Waals surface area contributed by atoms with E-state index in [0.717, 1.165) is 16.8 Å². The fraction of sp³-hybridized carbons (Fsp3) is 0.636. The molecular weight excluding hydrogens is 254 g/mol. The van der Waals surface area contributed by atoms with Crippen LogP contribution in [0.3, 0.4) is 0 Å². The molecule has 0 saturated heterocycles. The number of halogens is 1. The van der Waals surface area contributed by atoms with Gasteiger partial charge in [0.15, 0.2) is 0 Å². The first-order valence-corrected chi connectivity index (χ1v) is 6.00. The Bertz CT molecular complexity index is 314. The molecule has 0 N–H and O–H groups in total. The third-order valence-electron chi connectivity index (χ3n) is 2.45. The molecule has 4 heteroatoms. The van der Waals surface area contributed by atoms with Gasteiger partial charge in [0.05, 0.1) is 0 Å². The van der Waals surface area contributed by atoms with Gasteiger partial charge in [0, 0.05) is 19.2 Å². The van der Waals surface area contributed by atoms with Crippen LogP contribution in [-0.2, 0) is 0 Å². The predicted octanol–water partition coefficient (Wildman–Crippen LogP) is 3.11. The van der Waals surface area contributed by atoms with Crippen LogP contribution in [0.5, 0.6) is 0 Å². The molecule has 1 heterocycles. The van der Waals surface area contributed by atoms with E-state index in [0.29, 0.717) is 12.0 Å². The van der Waals surface area contributed by atoms with Crippen LogP contribution >= 0.6 is 15.9 Å². The molecule has 84 valence electrons. The van der Waals surface area contributed by atoms with Crippen LogP contribution in [0.1, 0.15) is 27.2 Å². The average molecular weight is 272 g/mol. The third-order valence-corrected chi connectivity index (χ3v) is 2.89. The molecule has 15 heavy (non-hydrogen) atoms. The van der Waals surface area contributed by atoms with Crippen LogP contribution in [0.25, 0.3) is 0 Å². The normalized spacial score (nSPS) is 12.9. The van der Waals surface area contributed by atoms with Crippen LogP contribution < -0.4 is 4.90 Å². The maximum absolute atomic E-state index is 4.25. The fourth-order valence-electron chi connectivity index (χ4n) is 1.58. The lowest BCUT2D eigenvalue weighted by molar-refractivity contribution is 0.502. The molecule has 0 spiro atoms. The lowest BCUT2D eigenvalue weighted by atomic mass is 10.0. The number of hydrogen-bond acceptors (Lipinski definition) is 3. The van der Waals surface area contributed by atoms with Crippen LogP contribution in [0.15, 0.2) is 17.0 Å². The molecule has 1 unspecified atom stereocenters. The van der Waals surface area contributed by atoms with E-state index in [-0.39, 0.29) is 0 Å². The van der Waals surface area contributed by atoms with Crippen molar-refractivity contribution in [3.63, 3.8) is 0 Å². The Balaban J connectivity index is 2.71. The first kappa shape index (κ1) is 12.4. The maximum Gasteiger partial charge on any atom is 0.133 e. The molecule has 0 saturated carbocycles. The van der Waals surface area contributed by atoms with E-state index >= 15 is 0 Å². The summed E-state index contributed by atoms with van der Waals surface area (Å²) in [6.07, 6.45) is 2.75. The van der Waals surface area contributed by atoms with E-state index in [9.17, 15) is 0 Å². The minimum absolute atomic E-state index is 0.492. The zero-order valence-corrected chi connectivity index (χ0v) is 11.3. The van der Waals surface area contributed by atoms with E-state index < -0.39 is 0 Å². The highest BCUT2D eigenvalue weighted by Crippen LogP contribution is 2.18. The van der Waals surface area contributed by atoms with Crippen molar-refractivity contribution < 1.29 is 0 Å². The average Bonchev–Trinajstić information content (AvgIpc) is 2.15. The quantitative estimate of drug-likeness (QED) is 0.789. The monoisotopic (exact) mass is 271 g/mol. The summed E-state index contributed by atoms with van der Waals surface area (Å²) in [5.41, 5.74) is 0. The number of aromatic nitrogens is 2. The molecule has 3 nitrogen and oxygen atoms in total. The summed E-state index contributed by atoms with van der Waals surface area (Å²) in [6, 6.07) is 2.43. The summed E-state index contributed by atoms with van der Waals surface area (Å²) >= 11 is 3.35. The van der Waals surface area contributed by atoms with E-state index in [1.807, 2.05) is 6.07 Å². The molecular formula is C11H18BrN3. The zero-order chi connectivity index (χ0) is 11.4. The Morgan fingerprint density at radius 1 is 1.33 bits per heavy atom. The van der Waals surface area contributed by atoms with Crippen molar-refractivity contribution in [2.24, 2.45) is 5.92 Å². The number of nitrogens with zero attached hydrogens (tertiary/aromatic N) is 3. The van der Waals surface area contributed by atoms with Crippen LogP contribution in [0, 0.1) is 5.92 Å². The number of anilines is 1. The van der Waals surface area contributed by atoms with Gasteiger partial charge in [-0.25, -0.2) is 9.97 Å². The summed E-state index contributed by atoms with van der Waals surface area (Å²) < 4.78 is 0.830. The van der Waals surface area contributed by atoms with Crippen molar-refractivity contribution in [3.8, 4) is 0 Å². The molecule has 1 rings (SSSR count). The van der Waals surface area contributed by atoms with Gasteiger partial charge in [-0.15, -0.1) is 0 Å². The lowest BCUT2D eigenvalue weighted by Crippen LogP contribution is -2.30. The number of rotatable bonds is 4. The van der Waals surface area contributed by atoms with Gasteiger partial charge in [-0.05, 0) is 35.2 Å². The molecule has 0 radical (unpaired) electrons. The van der Waals surface area contributed by atoms with Crippen molar-refractivity contribution in [2.45, 2.75) is 33.2 Å². The van der Waals surface area contributed by atoms with Crippen LogP contribution in [0.2, 0.25) is 0 Å². The van der Waals surface area contributed by atoms with E-state index in [2.05, 4.69) is 58.6 Å². The minimum atomic E-state index is 0.492. The fourth-order valence-corrected chi connectivity index (χ4v) is 1.88. The second kappa shape index (κ2) is 5.45. The van der Waals surface area contributed by atoms with Gasteiger partial charge < -0.3 is 4.90 Å². The molecule has 0 amide bonds. The summed E-state index contributed by atoms with van der Waals surface area (Å²) in [4.78, 5) is 10.5.